The number of carbonyl (C=O) groups excluding carboxylic acids is 2. The van der Waals surface area contributed by atoms with Crippen LogP contribution in [0.4, 0.5) is 39.3 Å². The van der Waals surface area contributed by atoms with Crippen molar-refractivity contribution in [3.05, 3.63) is 66.9 Å². The molecule has 3 amide bonds. The molecule has 11 heteroatoms. The number of methoxy groups -OCH3 is 1. The molecule has 2 aromatic carbocycles. The normalized spacial score (nSPS) is 12.9. The van der Waals surface area contributed by atoms with Gasteiger partial charge >= 0.3 is 6.03 Å². The first kappa shape index (κ1) is 26.3. The number of carbonyl (C=O) groups is 2. The molecule has 0 spiro atoms. The standard InChI is InChI=1S/C27H32N8O3/c1-5-24(36)30-19-7-6-8-20(15-19)31-25-18(2)17-29-26(33-25)32-22-10-9-21(16-23(22)38-4)34-11-13-35(14-12-34)27(37)28-3/h5-10,15-17H,1,11-14H2,2-4H3,(H,28,37)(H,30,36)(H2,29,31,32,33). The fourth-order valence-electron chi connectivity index (χ4n) is 4.06. The van der Waals surface area contributed by atoms with Crippen LogP contribution in [0.1, 0.15) is 5.56 Å². The fraction of sp³-hybridized carbons (Fsp3) is 0.259. The van der Waals surface area contributed by atoms with Gasteiger partial charge in [-0.3, -0.25) is 4.79 Å². The summed E-state index contributed by atoms with van der Waals surface area (Å²) in [4.78, 5) is 36.6. The Morgan fingerprint density at radius 3 is 2.53 bits per heavy atom. The van der Waals surface area contributed by atoms with Gasteiger partial charge in [-0.05, 0) is 43.3 Å². The van der Waals surface area contributed by atoms with Gasteiger partial charge in [0.1, 0.15) is 11.6 Å². The molecule has 4 rings (SSSR count). The molecule has 1 fully saturated rings. The van der Waals surface area contributed by atoms with E-state index in [1.165, 1.54) is 6.08 Å². The van der Waals surface area contributed by atoms with Crippen molar-refractivity contribution >= 4 is 46.5 Å². The van der Waals surface area contributed by atoms with Gasteiger partial charge in [0.25, 0.3) is 0 Å². The first-order valence-corrected chi connectivity index (χ1v) is 12.2. The van der Waals surface area contributed by atoms with E-state index in [1.54, 1.807) is 31.3 Å². The van der Waals surface area contributed by atoms with Crippen LogP contribution >= 0.6 is 0 Å². The molecular formula is C27H32N8O3. The topological polar surface area (TPSA) is 124 Å². The van der Waals surface area contributed by atoms with Crippen molar-refractivity contribution in [2.24, 2.45) is 0 Å². The second kappa shape index (κ2) is 12.0. The third-order valence-corrected chi connectivity index (χ3v) is 6.13. The first-order valence-electron chi connectivity index (χ1n) is 12.2. The van der Waals surface area contributed by atoms with Crippen LogP contribution in [0.25, 0.3) is 0 Å². The number of amides is 3. The number of nitrogens with zero attached hydrogens (tertiary/aromatic N) is 4. The number of urea groups is 1. The summed E-state index contributed by atoms with van der Waals surface area (Å²) in [6.07, 6.45) is 2.95. The number of rotatable bonds is 8. The van der Waals surface area contributed by atoms with Crippen LogP contribution in [0.2, 0.25) is 0 Å². The maximum Gasteiger partial charge on any atom is 0.317 e. The van der Waals surface area contributed by atoms with Gasteiger partial charge in [-0.1, -0.05) is 12.6 Å². The van der Waals surface area contributed by atoms with Crippen LogP contribution in [0.5, 0.6) is 5.75 Å². The first-order chi connectivity index (χ1) is 18.4. The summed E-state index contributed by atoms with van der Waals surface area (Å²) in [5.74, 6) is 1.40. The third-order valence-electron chi connectivity index (χ3n) is 6.13. The van der Waals surface area contributed by atoms with Gasteiger partial charge in [-0.2, -0.15) is 4.98 Å². The second-order valence-corrected chi connectivity index (χ2v) is 8.66. The van der Waals surface area contributed by atoms with E-state index in [9.17, 15) is 9.59 Å². The number of benzene rings is 2. The summed E-state index contributed by atoms with van der Waals surface area (Å²) in [7, 11) is 3.26. The largest absolute Gasteiger partial charge is 0.494 e. The molecule has 198 valence electrons. The minimum absolute atomic E-state index is 0.0547. The summed E-state index contributed by atoms with van der Waals surface area (Å²) in [5, 5.41) is 12.0. The summed E-state index contributed by atoms with van der Waals surface area (Å²) in [6, 6.07) is 13.2. The Kier molecular flexibility index (Phi) is 8.27. The predicted molar refractivity (Wildman–Crippen MR) is 150 cm³/mol. The van der Waals surface area contributed by atoms with Crippen molar-refractivity contribution in [3.8, 4) is 5.75 Å². The van der Waals surface area contributed by atoms with Crippen LogP contribution < -0.4 is 30.9 Å². The van der Waals surface area contributed by atoms with Gasteiger partial charge < -0.3 is 35.8 Å². The average molecular weight is 517 g/mol. The molecule has 0 unspecified atom stereocenters. The van der Waals surface area contributed by atoms with Crippen molar-refractivity contribution in [1.82, 2.24) is 20.2 Å². The smallest absolute Gasteiger partial charge is 0.317 e. The van der Waals surface area contributed by atoms with Crippen molar-refractivity contribution in [2.45, 2.75) is 6.92 Å². The Balaban J connectivity index is 1.47. The van der Waals surface area contributed by atoms with Crippen molar-refractivity contribution in [3.63, 3.8) is 0 Å². The van der Waals surface area contributed by atoms with E-state index in [-0.39, 0.29) is 11.9 Å². The molecule has 4 N–H and O–H groups in total. The zero-order valence-corrected chi connectivity index (χ0v) is 21.7. The number of hydrogen-bond acceptors (Lipinski definition) is 8. The Hall–Kier alpha value is -4.80. The number of hydrogen-bond donors (Lipinski definition) is 4. The van der Waals surface area contributed by atoms with E-state index in [2.05, 4.69) is 42.7 Å². The van der Waals surface area contributed by atoms with Crippen molar-refractivity contribution in [2.75, 3.05) is 61.2 Å². The number of aryl methyl sites for hydroxylation is 1. The van der Waals surface area contributed by atoms with E-state index >= 15 is 0 Å². The lowest BCUT2D eigenvalue weighted by Gasteiger charge is -2.36. The molecule has 1 aliphatic heterocycles. The van der Waals surface area contributed by atoms with E-state index in [0.29, 0.717) is 36.3 Å². The lowest BCUT2D eigenvalue weighted by atomic mass is 10.2. The monoisotopic (exact) mass is 516 g/mol. The van der Waals surface area contributed by atoms with Gasteiger partial charge in [-0.15, -0.1) is 0 Å². The molecule has 11 nitrogen and oxygen atoms in total. The molecule has 1 saturated heterocycles. The van der Waals surface area contributed by atoms with Gasteiger partial charge in [0, 0.05) is 68.1 Å². The molecule has 1 aliphatic rings. The van der Waals surface area contributed by atoms with Crippen LogP contribution in [0, 0.1) is 6.92 Å². The van der Waals surface area contributed by atoms with Crippen molar-refractivity contribution < 1.29 is 14.3 Å². The molecule has 0 atom stereocenters. The van der Waals surface area contributed by atoms with Crippen LogP contribution in [-0.4, -0.2) is 67.1 Å². The van der Waals surface area contributed by atoms with Crippen LogP contribution in [-0.2, 0) is 4.79 Å². The van der Waals surface area contributed by atoms with Crippen LogP contribution in [0.15, 0.2) is 61.3 Å². The second-order valence-electron chi connectivity index (χ2n) is 8.66. The van der Waals surface area contributed by atoms with E-state index in [1.807, 2.05) is 43.3 Å². The van der Waals surface area contributed by atoms with Gasteiger partial charge in [-0.25, -0.2) is 9.78 Å². The highest BCUT2D eigenvalue weighted by atomic mass is 16.5. The Labute approximate surface area is 221 Å². The SMILES string of the molecule is C=CC(=O)Nc1cccc(Nc2nc(Nc3ccc(N4CCN(C(=O)NC)CC4)cc3OC)ncc2C)c1. The van der Waals surface area contributed by atoms with Gasteiger partial charge in [0.15, 0.2) is 0 Å². The molecule has 0 radical (unpaired) electrons. The Morgan fingerprint density at radius 2 is 1.82 bits per heavy atom. The highest BCUT2D eigenvalue weighted by Gasteiger charge is 2.21. The average Bonchev–Trinajstić information content (AvgIpc) is 2.94. The number of piperazine rings is 1. The zero-order chi connectivity index (χ0) is 27.1. The zero-order valence-electron chi connectivity index (χ0n) is 21.7. The third kappa shape index (κ3) is 6.30. The number of aromatic nitrogens is 2. The van der Waals surface area contributed by atoms with Crippen LogP contribution in [0.3, 0.4) is 0 Å². The van der Waals surface area contributed by atoms with E-state index in [0.717, 1.165) is 35.7 Å². The lowest BCUT2D eigenvalue weighted by molar-refractivity contribution is -0.111. The minimum Gasteiger partial charge on any atom is -0.494 e. The highest BCUT2D eigenvalue weighted by molar-refractivity contribution is 5.99. The van der Waals surface area contributed by atoms with Gasteiger partial charge in [0.05, 0.1) is 12.8 Å². The number of ether oxygens (including phenoxy) is 1. The minimum atomic E-state index is -0.280. The maximum absolute atomic E-state index is 11.9. The summed E-state index contributed by atoms with van der Waals surface area (Å²) >= 11 is 0. The van der Waals surface area contributed by atoms with Gasteiger partial charge in [0.2, 0.25) is 11.9 Å². The maximum atomic E-state index is 11.9. The lowest BCUT2D eigenvalue weighted by Crippen LogP contribution is -2.51. The quantitative estimate of drug-likeness (QED) is 0.333. The van der Waals surface area contributed by atoms with Crippen molar-refractivity contribution in [1.29, 1.82) is 0 Å². The number of anilines is 6. The van der Waals surface area contributed by atoms with E-state index < -0.39 is 0 Å². The molecule has 3 aromatic rings. The molecule has 1 aromatic heterocycles. The Morgan fingerprint density at radius 1 is 1.05 bits per heavy atom. The Bertz CT molecular complexity index is 1320. The van der Waals surface area contributed by atoms with E-state index in [4.69, 9.17) is 4.74 Å². The fourth-order valence-corrected chi connectivity index (χ4v) is 4.06. The predicted octanol–water partition coefficient (Wildman–Crippen LogP) is 3.87. The molecule has 0 saturated carbocycles. The molecule has 38 heavy (non-hydrogen) atoms. The number of nitrogens with one attached hydrogen (secondary N) is 4. The summed E-state index contributed by atoms with van der Waals surface area (Å²) < 4.78 is 5.65. The molecular weight excluding hydrogens is 484 g/mol. The summed E-state index contributed by atoms with van der Waals surface area (Å²) in [6.45, 7) is 8.16. The molecule has 0 aliphatic carbocycles. The highest BCUT2D eigenvalue weighted by Crippen LogP contribution is 2.32. The molecule has 2 heterocycles. The molecule has 0 bridgehead atoms. The summed E-state index contributed by atoms with van der Waals surface area (Å²) in [5.41, 5.74) is 4.00.